The maximum atomic E-state index is 11.1. The highest BCUT2D eigenvalue weighted by Crippen LogP contribution is 2.17. The fraction of sp³-hybridized carbons (Fsp3) is 0.615. The van der Waals surface area contributed by atoms with Crippen LogP contribution in [0.5, 0.6) is 0 Å². The van der Waals surface area contributed by atoms with E-state index in [1.165, 1.54) is 12.0 Å². The molecule has 5 heteroatoms. The molecule has 4 nitrogen and oxygen atoms in total. The first kappa shape index (κ1) is 15.1. The van der Waals surface area contributed by atoms with Gasteiger partial charge in [0.1, 0.15) is 0 Å². The molecule has 0 aliphatic carbocycles. The SMILES string of the molecule is CCN(C)CCNCc1ccc(CC(=O)OC)s1. The van der Waals surface area contributed by atoms with Gasteiger partial charge in [-0.3, -0.25) is 4.79 Å². The number of thiophene rings is 1. The fourth-order valence-corrected chi connectivity index (χ4v) is 2.44. The number of likely N-dealkylation sites (N-methyl/N-ethyl adjacent to an activating group) is 1. The molecule has 0 spiro atoms. The van der Waals surface area contributed by atoms with E-state index in [0.717, 1.165) is 31.1 Å². The number of nitrogens with zero attached hydrogens (tertiary/aromatic N) is 1. The van der Waals surface area contributed by atoms with Crippen molar-refractivity contribution < 1.29 is 9.53 Å². The Labute approximate surface area is 113 Å². The Morgan fingerprint density at radius 2 is 2.17 bits per heavy atom. The van der Waals surface area contributed by atoms with Gasteiger partial charge in [0.05, 0.1) is 13.5 Å². The van der Waals surface area contributed by atoms with E-state index < -0.39 is 0 Å². The molecule has 102 valence electrons. The van der Waals surface area contributed by atoms with Gasteiger partial charge in [0.15, 0.2) is 0 Å². The molecule has 1 N–H and O–H groups in total. The number of carbonyl (C=O) groups is 1. The summed E-state index contributed by atoms with van der Waals surface area (Å²) < 4.78 is 4.65. The van der Waals surface area contributed by atoms with Gasteiger partial charge in [-0.1, -0.05) is 6.92 Å². The lowest BCUT2D eigenvalue weighted by Crippen LogP contribution is -2.28. The van der Waals surface area contributed by atoms with Crippen molar-refractivity contribution in [3.8, 4) is 0 Å². The predicted octanol–water partition coefficient (Wildman–Crippen LogP) is 1.50. The summed E-state index contributed by atoms with van der Waals surface area (Å²) in [4.78, 5) is 15.7. The number of rotatable bonds is 8. The maximum absolute atomic E-state index is 11.1. The van der Waals surface area contributed by atoms with Crippen LogP contribution < -0.4 is 5.32 Å². The molecule has 0 aliphatic heterocycles. The summed E-state index contributed by atoms with van der Waals surface area (Å²) in [5.41, 5.74) is 0. The zero-order chi connectivity index (χ0) is 13.4. The Balaban J connectivity index is 2.25. The monoisotopic (exact) mass is 270 g/mol. The Hall–Kier alpha value is -0.910. The van der Waals surface area contributed by atoms with Gasteiger partial charge < -0.3 is 15.0 Å². The standard InChI is InChI=1S/C13H22N2O2S/c1-4-15(2)8-7-14-10-12-6-5-11(18-12)9-13(16)17-3/h5-6,14H,4,7-10H2,1-3H3. The van der Waals surface area contributed by atoms with Crippen LogP contribution in [0, 0.1) is 0 Å². The summed E-state index contributed by atoms with van der Waals surface area (Å²) in [6.07, 6.45) is 0.375. The summed E-state index contributed by atoms with van der Waals surface area (Å²) in [6, 6.07) is 4.07. The Kier molecular flexibility index (Phi) is 6.93. The molecule has 0 amide bonds. The molecule has 0 saturated heterocycles. The fourth-order valence-electron chi connectivity index (χ4n) is 1.47. The summed E-state index contributed by atoms with van der Waals surface area (Å²) in [7, 11) is 3.53. The van der Waals surface area contributed by atoms with Crippen LogP contribution in [0.25, 0.3) is 0 Å². The van der Waals surface area contributed by atoms with E-state index >= 15 is 0 Å². The molecular weight excluding hydrogens is 248 g/mol. The van der Waals surface area contributed by atoms with Crippen LogP contribution in [0.15, 0.2) is 12.1 Å². The van der Waals surface area contributed by atoms with Crippen LogP contribution in [-0.2, 0) is 22.5 Å². The first-order chi connectivity index (χ1) is 8.65. The van der Waals surface area contributed by atoms with Gasteiger partial charge >= 0.3 is 5.97 Å². The molecular formula is C13H22N2O2S. The quantitative estimate of drug-likeness (QED) is 0.574. The number of esters is 1. The van der Waals surface area contributed by atoms with Gasteiger partial charge in [0.25, 0.3) is 0 Å². The lowest BCUT2D eigenvalue weighted by atomic mass is 10.3. The van der Waals surface area contributed by atoms with Crippen LogP contribution in [0.1, 0.15) is 16.7 Å². The highest BCUT2D eigenvalue weighted by molar-refractivity contribution is 7.12. The van der Waals surface area contributed by atoms with Crippen molar-refractivity contribution in [1.29, 1.82) is 0 Å². The first-order valence-electron chi connectivity index (χ1n) is 6.19. The van der Waals surface area contributed by atoms with Crippen molar-refractivity contribution in [3.05, 3.63) is 21.9 Å². The maximum Gasteiger partial charge on any atom is 0.310 e. The lowest BCUT2D eigenvalue weighted by molar-refractivity contribution is -0.139. The van der Waals surface area contributed by atoms with Gasteiger partial charge in [-0.05, 0) is 25.7 Å². The largest absolute Gasteiger partial charge is 0.469 e. The summed E-state index contributed by atoms with van der Waals surface area (Å²) in [6.45, 7) is 6.12. The van der Waals surface area contributed by atoms with E-state index in [2.05, 4.69) is 35.0 Å². The van der Waals surface area contributed by atoms with Crippen LogP contribution in [0.4, 0.5) is 0 Å². The highest BCUT2D eigenvalue weighted by atomic mass is 32.1. The molecule has 0 fully saturated rings. The van der Waals surface area contributed by atoms with Crippen molar-refractivity contribution >= 4 is 17.3 Å². The Morgan fingerprint density at radius 3 is 2.83 bits per heavy atom. The second kappa shape index (κ2) is 8.24. The molecule has 0 aliphatic rings. The average molecular weight is 270 g/mol. The van der Waals surface area contributed by atoms with Crippen molar-refractivity contribution in [2.45, 2.75) is 19.9 Å². The molecule has 18 heavy (non-hydrogen) atoms. The minimum Gasteiger partial charge on any atom is -0.469 e. The third kappa shape index (κ3) is 5.62. The zero-order valence-electron chi connectivity index (χ0n) is 11.4. The van der Waals surface area contributed by atoms with E-state index in [1.54, 1.807) is 11.3 Å². The smallest absolute Gasteiger partial charge is 0.310 e. The second-order valence-electron chi connectivity index (χ2n) is 4.19. The number of carbonyl (C=O) groups excluding carboxylic acids is 1. The molecule has 0 atom stereocenters. The van der Waals surface area contributed by atoms with Gasteiger partial charge in [0, 0.05) is 29.4 Å². The van der Waals surface area contributed by atoms with E-state index in [9.17, 15) is 4.79 Å². The minimum absolute atomic E-state index is 0.180. The highest BCUT2D eigenvalue weighted by Gasteiger charge is 2.06. The number of hydrogen-bond acceptors (Lipinski definition) is 5. The van der Waals surface area contributed by atoms with Gasteiger partial charge in [0.2, 0.25) is 0 Å². The van der Waals surface area contributed by atoms with Crippen molar-refractivity contribution in [2.75, 3.05) is 33.8 Å². The first-order valence-corrected chi connectivity index (χ1v) is 7.01. The molecule has 1 aromatic heterocycles. The second-order valence-corrected chi connectivity index (χ2v) is 5.45. The van der Waals surface area contributed by atoms with Gasteiger partial charge in [-0.15, -0.1) is 11.3 Å². The van der Waals surface area contributed by atoms with E-state index in [4.69, 9.17) is 0 Å². The molecule has 1 heterocycles. The van der Waals surface area contributed by atoms with Crippen LogP contribution >= 0.6 is 11.3 Å². The number of nitrogens with one attached hydrogen (secondary N) is 1. The normalized spacial score (nSPS) is 10.9. The Bertz CT molecular complexity index is 366. The molecule has 0 unspecified atom stereocenters. The number of hydrogen-bond donors (Lipinski definition) is 1. The van der Waals surface area contributed by atoms with Crippen LogP contribution in [-0.4, -0.2) is 44.7 Å². The van der Waals surface area contributed by atoms with Gasteiger partial charge in [-0.2, -0.15) is 0 Å². The third-order valence-electron chi connectivity index (χ3n) is 2.77. The van der Waals surface area contributed by atoms with E-state index in [1.807, 2.05) is 6.07 Å². The number of ether oxygens (including phenoxy) is 1. The molecule has 1 aromatic rings. The van der Waals surface area contributed by atoms with E-state index in [-0.39, 0.29) is 5.97 Å². The summed E-state index contributed by atoms with van der Waals surface area (Å²) in [5.74, 6) is -0.180. The molecule has 0 radical (unpaired) electrons. The van der Waals surface area contributed by atoms with E-state index in [0.29, 0.717) is 6.42 Å². The molecule has 1 rings (SSSR count). The topological polar surface area (TPSA) is 41.6 Å². The predicted molar refractivity (Wildman–Crippen MR) is 74.9 cm³/mol. The van der Waals surface area contributed by atoms with Crippen molar-refractivity contribution in [3.63, 3.8) is 0 Å². The molecule has 0 aromatic carbocycles. The van der Waals surface area contributed by atoms with Crippen molar-refractivity contribution in [2.24, 2.45) is 0 Å². The molecule has 0 saturated carbocycles. The van der Waals surface area contributed by atoms with Gasteiger partial charge in [-0.25, -0.2) is 0 Å². The lowest BCUT2D eigenvalue weighted by Gasteiger charge is -2.13. The van der Waals surface area contributed by atoms with Crippen LogP contribution in [0.2, 0.25) is 0 Å². The summed E-state index contributed by atoms with van der Waals surface area (Å²) >= 11 is 1.66. The van der Waals surface area contributed by atoms with Crippen molar-refractivity contribution in [1.82, 2.24) is 10.2 Å². The Morgan fingerprint density at radius 1 is 1.44 bits per heavy atom. The number of methoxy groups -OCH3 is 1. The summed E-state index contributed by atoms with van der Waals surface area (Å²) in [5, 5.41) is 3.40. The average Bonchev–Trinajstić information content (AvgIpc) is 2.81. The minimum atomic E-state index is -0.180. The molecule has 0 bridgehead atoms. The zero-order valence-corrected chi connectivity index (χ0v) is 12.2. The third-order valence-corrected chi connectivity index (χ3v) is 3.86. The van der Waals surface area contributed by atoms with Crippen LogP contribution in [0.3, 0.4) is 0 Å².